The van der Waals surface area contributed by atoms with Crippen molar-refractivity contribution in [2.24, 2.45) is 28.3 Å². The van der Waals surface area contributed by atoms with Gasteiger partial charge >= 0.3 is 5.84 Å². The minimum absolute atomic E-state index is 0.212. The Morgan fingerprint density at radius 2 is 2.05 bits per heavy atom. The number of para-hydroxylation sites is 1. The summed E-state index contributed by atoms with van der Waals surface area (Å²) >= 11 is 0. The standard InChI is InChI=1S/C14H16N5/c1-10-8-15-19(3)14(10)17-16-12-9-18(2)13-7-5-4-6-11(12)13/h4-10H,1-3H3/q+1. The highest BCUT2D eigenvalue weighted by Gasteiger charge is 2.25. The van der Waals surface area contributed by atoms with Crippen molar-refractivity contribution in [2.45, 2.75) is 6.92 Å². The number of aryl methyl sites for hydroxylation is 1. The van der Waals surface area contributed by atoms with Gasteiger partial charge in [0.15, 0.2) is 0 Å². The first kappa shape index (κ1) is 11.8. The number of azo groups is 1. The Hall–Kier alpha value is -2.30. The molecule has 2 aromatic rings. The van der Waals surface area contributed by atoms with Crippen LogP contribution in [0.25, 0.3) is 10.9 Å². The van der Waals surface area contributed by atoms with Gasteiger partial charge in [0.05, 0.1) is 16.8 Å². The Labute approximate surface area is 111 Å². The van der Waals surface area contributed by atoms with E-state index in [1.54, 1.807) is 4.68 Å². The summed E-state index contributed by atoms with van der Waals surface area (Å²) in [6.07, 6.45) is 3.87. The predicted octanol–water partition coefficient (Wildman–Crippen LogP) is 2.94. The summed E-state index contributed by atoms with van der Waals surface area (Å²) in [5, 5.41) is 14.0. The molecule has 0 amide bonds. The molecule has 0 bridgehead atoms. The molecular weight excluding hydrogens is 238 g/mol. The third kappa shape index (κ3) is 1.97. The third-order valence-corrected chi connectivity index (χ3v) is 3.34. The SMILES string of the molecule is CC1C=N[N+](C)=C1N=Nc1cn(C)c2ccccc12. The van der Waals surface area contributed by atoms with E-state index in [2.05, 4.69) is 39.0 Å². The number of amidine groups is 1. The van der Waals surface area contributed by atoms with Gasteiger partial charge in [-0.2, -0.15) is 0 Å². The smallest absolute Gasteiger partial charge is 0.348 e. The number of nitrogens with zero attached hydrogens (tertiary/aromatic N) is 5. The zero-order valence-electron chi connectivity index (χ0n) is 11.3. The van der Waals surface area contributed by atoms with Gasteiger partial charge < -0.3 is 4.57 Å². The monoisotopic (exact) mass is 254 g/mol. The van der Waals surface area contributed by atoms with E-state index in [1.807, 2.05) is 38.6 Å². The fourth-order valence-electron chi connectivity index (χ4n) is 2.28. The molecule has 1 unspecified atom stereocenters. The average molecular weight is 254 g/mol. The van der Waals surface area contributed by atoms with Crippen molar-refractivity contribution < 1.29 is 4.68 Å². The highest BCUT2D eigenvalue weighted by atomic mass is 15.4. The van der Waals surface area contributed by atoms with Crippen molar-refractivity contribution in [3.63, 3.8) is 0 Å². The van der Waals surface area contributed by atoms with Crippen LogP contribution in [-0.4, -0.2) is 28.3 Å². The number of aromatic nitrogens is 1. The summed E-state index contributed by atoms with van der Waals surface area (Å²) in [6, 6.07) is 8.18. The predicted molar refractivity (Wildman–Crippen MR) is 76.3 cm³/mol. The topological polar surface area (TPSA) is 45.0 Å². The third-order valence-electron chi connectivity index (χ3n) is 3.34. The molecule has 96 valence electrons. The maximum Gasteiger partial charge on any atom is 0.354 e. The largest absolute Gasteiger partial charge is 0.354 e. The highest BCUT2D eigenvalue weighted by Crippen LogP contribution is 2.27. The molecule has 2 heterocycles. The van der Waals surface area contributed by atoms with Crippen LogP contribution in [-0.2, 0) is 7.05 Å². The number of hydrogen-bond donors (Lipinski definition) is 0. The Morgan fingerprint density at radius 3 is 2.79 bits per heavy atom. The van der Waals surface area contributed by atoms with Crippen LogP contribution in [0.2, 0.25) is 0 Å². The van der Waals surface area contributed by atoms with Crippen LogP contribution in [0.5, 0.6) is 0 Å². The Morgan fingerprint density at radius 1 is 1.26 bits per heavy atom. The summed E-state index contributed by atoms with van der Waals surface area (Å²) < 4.78 is 3.83. The normalized spacial score (nSPS) is 19.2. The summed E-state index contributed by atoms with van der Waals surface area (Å²) in [7, 11) is 3.90. The lowest BCUT2D eigenvalue weighted by Crippen LogP contribution is -2.11. The van der Waals surface area contributed by atoms with Gasteiger partial charge in [-0.25, -0.2) is 0 Å². The van der Waals surface area contributed by atoms with Crippen LogP contribution in [0.1, 0.15) is 6.92 Å². The molecule has 0 spiro atoms. The van der Waals surface area contributed by atoms with Gasteiger partial charge in [0.25, 0.3) is 0 Å². The number of rotatable bonds is 1. The first-order valence-electron chi connectivity index (χ1n) is 6.27. The second-order valence-corrected chi connectivity index (χ2v) is 4.78. The minimum atomic E-state index is 0.212. The van der Waals surface area contributed by atoms with E-state index in [9.17, 15) is 0 Å². The van der Waals surface area contributed by atoms with E-state index in [0.717, 1.165) is 22.4 Å². The molecule has 19 heavy (non-hydrogen) atoms. The van der Waals surface area contributed by atoms with Gasteiger partial charge in [0.1, 0.15) is 18.7 Å². The number of hydrogen-bond acceptors (Lipinski definition) is 3. The molecule has 5 nitrogen and oxygen atoms in total. The summed E-state index contributed by atoms with van der Waals surface area (Å²) in [5.74, 6) is 1.08. The molecule has 1 aliphatic heterocycles. The van der Waals surface area contributed by atoms with Gasteiger partial charge in [-0.3, -0.25) is 0 Å². The summed E-state index contributed by atoms with van der Waals surface area (Å²) in [6.45, 7) is 2.06. The molecule has 0 N–H and O–H groups in total. The lowest BCUT2D eigenvalue weighted by molar-refractivity contribution is -0.500. The second kappa shape index (κ2) is 4.42. The molecule has 1 aromatic carbocycles. The van der Waals surface area contributed by atoms with E-state index >= 15 is 0 Å². The molecular formula is C14H16N5+. The summed E-state index contributed by atoms with van der Waals surface area (Å²) in [5.41, 5.74) is 2.05. The van der Waals surface area contributed by atoms with Crippen molar-refractivity contribution >= 4 is 28.6 Å². The molecule has 0 radical (unpaired) electrons. The zero-order chi connectivity index (χ0) is 13.4. The van der Waals surface area contributed by atoms with Crippen LogP contribution in [0.4, 0.5) is 5.69 Å². The van der Waals surface area contributed by atoms with Gasteiger partial charge in [0.2, 0.25) is 0 Å². The Balaban J connectivity index is 2.01. The van der Waals surface area contributed by atoms with E-state index in [0.29, 0.717) is 0 Å². The molecule has 5 heteroatoms. The van der Waals surface area contributed by atoms with Crippen LogP contribution in [0, 0.1) is 5.92 Å². The molecule has 1 atom stereocenters. The molecule has 1 aliphatic rings. The van der Waals surface area contributed by atoms with E-state index < -0.39 is 0 Å². The van der Waals surface area contributed by atoms with E-state index in [1.165, 1.54) is 0 Å². The van der Waals surface area contributed by atoms with E-state index in [4.69, 9.17) is 0 Å². The van der Waals surface area contributed by atoms with Crippen molar-refractivity contribution in [3.8, 4) is 0 Å². The number of hydrazone groups is 1. The minimum Gasteiger partial charge on any atom is -0.348 e. The second-order valence-electron chi connectivity index (χ2n) is 4.78. The molecule has 0 aliphatic carbocycles. The van der Waals surface area contributed by atoms with Crippen molar-refractivity contribution in [1.82, 2.24) is 4.57 Å². The maximum atomic E-state index is 4.38. The van der Waals surface area contributed by atoms with Crippen molar-refractivity contribution in [2.75, 3.05) is 7.05 Å². The Bertz CT molecular complexity index is 721. The molecule has 1 aromatic heterocycles. The summed E-state index contributed by atoms with van der Waals surface area (Å²) in [4.78, 5) is 0. The fraction of sp³-hybridized carbons (Fsp3) is 0.286. The lowest BCUT2D eigenvalue weighted by Gasteiger charge is -1.92. The van der Waals surface area contributed by atoms with Crippen LogP contribution >= 0.6 is 0 Å². The van der Waals surface area contributed by atoms with Crippen LogP contribution in [0.15, 0.2) is 45.8 Å². The van der Waals surface area contributed by atoms with Gasteiger partial charge in [-0.05, 0) is 18.1 Å². The number of benzene rings is 1. The van der Waals surface area contributed by atoms with Crippen LogP contribution < -0.4 is 0 Å². The maximum absolute atomic E-state index is 4.38. The van der Waals surface area contributed by atoms with Crippen LogP contribution in [0.3, 0.4) is 0 Å². The first-order valence-corrected chi connectivity index (χ1v) is 6.27. The molecule has 0 saturated heterocycles. The zero-order valence-corrected chi connectivity index (χ0v) is 11.3. The number of fused-ring (bicyclic) bond motifs is 1. The van der Waals surface area contributed by atoms with Crippen molar-refractivity contribution in [1.29, 1.82) is 0 Å². The Kier molecular flexibility index (Phi) is 2.74. The molecule has 0 saturated carbocycles. The quantitative estimate of drug-likeness (QED) is 0.555. The van der Waals surface area contributed by atoms with E-state index in [-0.39, 0.29) is 5.92 Å². The van der Waals surface area contributed by atoms with Gasteiger partial charge in [0, 0.05) is 18.6 Å². The fourth-order valence-corrected chi connectivity index (χ4v) is 2.28. The van der Waals surface area contributed by atoms with Gasteiger partial charge in [-0.15, -0.1) is 4.68 Å². The average Bonchev–Trinajstić information content (AvgIpc) is 2.90. The van der Waals surface area contributed by atoms with Gasteiger partial charge in [-0.1, -0.05) is 23.3 Å². The first-order chi connectivity index (χ1) is 9.16. The molecule has 3 rings (SSSR count). The van der Waals surface area contributed by atoms with Crippen molar-refractivity contribution in [3.05, 3.63) is 30.5 Å². The molecule has 0 fully saturated rings. The lowest BCUT2D eigenvalue weighted by atomic mass is 10.2. The highest BCUT2D eigenvalue weighted by molar-refractivity contribution is 5.96.